The highest BCUT2D eigenvalue weighted by Gasteiger charge is 2.24. The van der Waals surface area contributed by atoms with Gasteiger partial charge in [0, 0.05) is 24.6 Å². The number of hydrogen-bond acceptors (Lipinski definition) is 4. The van der Waals surface area contributed by atoms with E-state index in [4.69, 9.17) is 26.8 Å². The molecule has 1 aliphatic heterocycles. The number of benzene rings is 2. The van der Waals surface area contributed by atoms with Crippen molar-refractivity contribution < 1.29 is 14.4 Å². The molecule has 0 spiro atoms. The second-order valence-electron chi connectivity index (χ2n) is 7.55. The Labute approximate surface area is 182 Å². The van der Waals surface area contributed by atoms with Crippen LogP contribution in [0.5, 0.6) is 11.5 Å². The van der Waals surface area contributed by atoms with Crippen LogP contribution < -0.4 is 14.4 Å². The average Bonchev–Trinajstić information content (AvgIpc) is 3.04. The zero-order valence-corrected chi connectivity index (χ0v) is 18.7. The van der Waals surface area contributed by atoms with Gasteiger partial charge in [-0.25, -0.2) is 0 Å². The Hall–Kier alpha value is -2.64. The van der Waals surface area contributed by atoms with Gasteiger partial charge in [0.2, 0.25) is 4.77 Å². The van der Waals surface area contributed by atoms with E-state index in [9.17, 15) is 0 Å². The number of ether oxygens (including phenoxy) is 2. The molecule has 30 heavy (non-hydrogen) atoms. The molecule has 0 aliphatic carbocycles. The van der Waals surface area contributed by atoms with Gasteiger partial charge >= 0.3 is 0 Å². The molecule has 6 nitrogen and oxygen atoms in total. The van der Waals surface area contributed by atoms with Crippen molar-refractivity contribution in [2.24, 2.45) is 7.05 Å². The van der Waals surface area contributed by atoms with Crippen molar-refractivity contribution in [3.63, 3.8) is 0 Å². The standard InChI is InChI=1S/C23H28N4O2S/c1-4-28-20-13-18-11-12-26(15-19(18)14-21(20)29-5-2)16-27-23(30)25(3)22(24-27)17-9-7-6-8-10-17/h6-10,13-14H,4-5,11-12,15-16H2,1-3H3/p+1. The summed E-state index contributed by atoms with van der Waals surface area (Å²) < 4.78 is 16.3. The number of fused-ring (bicyclic) bond motifs is 1. The Balaban J connectivity index is 1.56. The van der Waals surface area contributed by atoms with Gasteiger partial charge in [-0.05, 0) is 43.8 Å². The lowest BCUT2D eigenvalue weighted by molar-refractivity contribution is -0.939. The van der Waals surface area contributed by atoms with Gasteiger partial charge in [0.25, 0.3) is 0 Å². The van der Waals surface area contributed by atoms with Crippen LogP contribution in [0.25, 0.3) is 11.4 Å². The molecule has 0 amide bonds. The predicted octanol–water partition coefficient (Wildman–Crippen LogP) is 3.01. The fourth-order valence-electron chi connectivity index (χ4n) is 4.02. The molecule has 1 unspecified atom stereocenters. The van der Waals surface area contributed by atoms with E-state index >= 15 is 0 Å². The van der Waals surface area contributed by atoms with E-state index in [1.165, 1.54) is 16.0 Å². The summed E-state index contributed by atoms with van der Waals surface area (Å²) in [6, 6.07) is 14.5. The first-order valence-corrected chi connectivity index (χ1v) is 11.0. The number of nitrogens with one attached hydrogen (secondary N) is 1. The summed E-state index contributed by atoms with van der Waals surface area (Å²) in [5.41, 5.74) is 3.74. The summed E-state index contributed by atoms with van der Waals surface area (Å²) in [4.78, 5) is 1.43. The van der Waals surface area contributed by atoms with Gasteiger partial charge in [-0.3, -0.25) is 0 Å². The van der Waals surface area contributed by atoms with Crippen LogP contribution in [0, 0.1) is 4.77 Å². The van der Waals surface area contributed by atoms with Crippen molar-refractivity contribution in [3.05, 3.63) is 58.4 Å². The first-order valence-electron chi connectivity index (χ1n) is 10.5. The Morgan fingerprint density at radius 1 is 1.03 bits per heavy atom. The monoisotopic (exact) mass is 425 g/mol. The molecular weight excluding hydrogens is 396 g/mol. The van der Waals surface area contributed by atoms with Gasteiger partial charge in [0.15, 0.2) is 24.0 Å². The van der Waals surface area contributed by atoms with Crippen LogP contribution in [0.4, 0.5) is 0 Å². The molecule has 1 aliphatic rings. The summed E-state index contributed by atoms with van der Waals surface area (Å²) in [6.07, 6.45) is 1.00. The Kier molecular flexibility index (Phi) is 6.20. The van der Waals surface area contributed by atoms with Crippen molar-refractivity contribution in [1.82, 2.24) is 14.3 Å². The second-order valence-corrected chi connectivity index (χ2v) is 7.91. The van der Waals surface area contributed by atoms with E-state index in [2.05, 4.69) is 24.3 Å². The van der Waals surface area contributed by atoms with Crippen LogP contribution in [0.2, 0.25) is 0 Å². The minimum atomic E-state index is 0.626. The molecule has 2 heterocycles. The fraction of sp³-hybridized carbons (Fsp3) is 0.391. The molecule has 0 fully saturated rings. The van der Waals surface area contributed by atoms with Gasteiger partial charge in [-0.2, -0.15) is 4.68 Å². The van der Waals surface area contributed by atoms with Gasteiger partial charge in [0.1, 0.15) is 6.54 Å². The molecule has 0 saturated carbocycles. The van der Waals surface area contributed by atoms with Gasteiger partial charge in [0.05, 0.1) is 19.8 Å². The van der Waals surface area contributed by atoms with Crippen LogP contribution in [-0.2, 0) is 26.7 Å². The highest BCUT2D eigenvalue weighted by molar-refractivity contribution is 7.71. The van der Waals surface area contributed by atoms with Gasteiger partial charge < -0.3 is 18.9 Å². The van der Waals surface area contributed by atoms with Crippen molar-refractivity contribution in [3.8, 4) is 22.9 Å². The lowest BCUT2D eigenvalue weighted by Crippen LogP contribution is -3.11. The normalized spacial score (nSPS) is 15.6. The van der Waals surface area contributed by atoms with Crippen molar-refractivity contribution in [2.45, 2.75) is 33.5 Å². The summed E-state index contributed by atoms with van der Waals surface area (Å²) in [7, 11) is 1.98. The summed E-state index contributed by atoms with van der Waals surface area (Å²) in [5, 5.41) is 4.83. The maximum Gasteiger partial charge on any atom is 0.202 e. The zero-order valence-electron chi connectivity index (χ0n) is 17.9. The highest BCUT2D eigenvalue weighted by Crippen LogP contribution is 2.32. The fourth-order valence-corrected chi connectivity index (χ4v) is 4.22. The lowest BCUT2D eigenvalue weighted by atomic mass is 9.99. The number of quaternary nitrogens is 1. The molecular formula is C23H29N4O2S+. The minimum Gasteiger partial charge on any atom is -0.490 e. The second kappa shape index (κ2) is 9.02. The molecule has 7 heteroatoms. The maximum absolute atomic E-state index is 5.82. The number of nitrogens with zero attached hydrogens (tertiary/aromatic N) is 3. The first-order chi connectivity index (χ1) is 14.6. The third kappa shape index (κ3) is 4.13. The molecule has 2 aromatic carbocycles. The van der Waals surface area contributed by atoms with Crippen LogP contribution in [0.3, 0.4) is 0 Å². The van der Waals surface area contributed by atoms with Gasteiger partial charge in [-0.1, -0.05) is 30.3 Å². The van der Waals surface area contributed by atoms with E-state index in [0.29, 0.717) is 13.2 Å². The molecule has 3 aromatic rings. The average molecular weight is 426 g/mol. The SMILES string of the molecule is CCOc1cc2c(cc1OCC)C[NH+](Cn1nc(-c3ccccc3)n(C)c1=S)CC2. The lowest BCUT2D eigenvalue weighted by Gasteiger charge is -2.26. The van der Waals surface area contributed by atoms with Crippen LogP contribution in [-0.4, -0.2) is 34.1 Å². The van der Waals surface area contributed by atoms with Crippen LogP contribution in [0.1, 0.15) is 25.0 Å². The quantitative estimate of drug-likeness (QED) is 0.591. The molecule has 158 valence electrons. The summed E-state index contributed by atoms with van der Waals surface area (Å²) >= 11 is 5.68. The topological polar surface area (TPSA) is 45.6 Å². The molecule has 0 saturated heterocycles. The maximum atomic E-state index is 5.82. The number of rotatable bonds is 7. The minimum absolute atomic E-state index is 0.626. The molecule has 1 N–H and O–H groups in total. The van der Waals surface area contributed by atoms with E-state index in [-0.39, 0.29) is 0 Å². The van der Waals surface area contributed by atoms with E-state index in [0.717, 1.165) is 53.8 Å². The Morgan fingerprint density at radius 2 is 1.70 bits per heavy atom. The van der Waals surface area contributed by atoms with E-state index in [1.807, 2.05) is 48.3 Å². The van der Waals surface area contributed by atoms with Crippen molar-refractivity contribution in [1.29, 1.82) is 0 Å². The first kappa shape index (κ1) is 20.6. The Bertz CT molecular complexity index is 1070. The molecule has 0 bridgehead atoms. The molecule has 1 aromatic heterocycles. The smallest absolute Gasteiger partial charge is 0.202 e. The Morgan fingerprint density at radius 3 is 2.37 bits per heavy atom. The molecule has 0 radical (unpaired) electrons. The number of hydrogen-bond donors (Lipinski definition) is 1. The third-order valence-corrected chi connectivity index (χ3v) is 5.98. The van der Waals surface area contributed by atoms with E-state index in [1.54, 1.807) is 0 Å². The highest BCUT2D eigenvalue weighted by atomic mass is 32.1. The van der Waals surface area contributed by atoms with E-state index < -0.39 is 0 Å². The third-order valence-electron chi connectivity index (χ3n) is 5.50. The molecule has 1 atom stereocenters. The van der Waals surface area contributed by atoms with Crippen LogP contribution in [0.15, 0.2) is 42.5 Å². The zero-order chi connectivity index (χ0) is 21.1. The van der Waals surface area contributed by atoms with Gasteiger partial charge in [-0.15, -0.1) is 5.10 Å². The molecule has 4 rings (SSSR count). The number of aromatic nitrogens is 3. The van der Waals surface area contributed by atoms with Crippen LogP contribution >= 0.6 is 12.2 Å². The largest absolute Gasteiger partial charge is 0.490 e. The summed E-state index contributed by atoms with van der Waals surface area (Å²) in [5.74, 6) is 2.58. The van der Waals surface area contributed by atoms with Crippen molar-refractivity contribution in [2.75, 3.05) is 19.8 Å². The summed E-state index contributed by atoms with van der Waals surface area (Å²) in [6.45, 7) is 7.96. The van der Waals surface area contributed by atoms with Crippen molar-refractivity contribution >= 4 is 12.2 Å². The predicted molar refractivity (Wildman–Crippen MR) is 119 cm³/mol.